The van der Waals surface area contributed by atoms with Crippen LogP contribution in [0.25, 0.3) is 0 Å². The molecule has 0 saturated heterocycles. The third-order valence-electron chi connectivity index (χ3n) is 4.99. The van der Waals surface area contributed by atoms with Crippen LogP contribution in [0.1, 0.15) is 35.6 Å². The number of allylic oxidation sites excluding steroid dienone is 2. The summed E-state index contributed by atoms with van der Waals surface area (Å²) in [4.78, 5) is 20.5. The maximum absolute atomic E-state index is 12.2. The van der Waals surface area contributed by atoms with E-state index in [0.717, 1.165) is 29.9 Å². The molecule has 2 aromatic rings. The Hall–Kier alpha value is -2.08. The Balaban J connectivity index is 1.22. The van der Waals surface area contributed by atoms with Gasteiger partial charge in [-0.2, -0.15) is 0 Å². The molecule has 1 N–H and O–H groups in total. The monoisotopic (exact) mass is 355 g/mol. The highest BCUT2D eigenvalue weighted by Crippen LogP contribution is 2.44. The zero-order valence-electron chi connectivity index (χ0n) is 13.9. The number of hydrogen-bond donors (Lipinski definition) is 1. The summed E-state index contributed by atoms with van der Waals surface area (Å²) in [6.45, 7) is 0.712. The van der Waals surface area contributed by atoms with Crippen molar-refractivity contribution >= 4 is 17.7 Å². The molecule has 25 heavy (non-hydrogen) atoms. The number of rotatable bonds is 7. The Morgan fingerprint density at radius 2 is 2.12 bits per heavy atom. The molecule has 4 rings (SSSR count). The topological polar surface area (TPSA) is 68.0 Å². The second-order valence-corrected chi connectivity index (χ2v) is 7.61. The molecule has 6 heteroatoms. The minimum Gasteiger partial charge on any atom is -0.455 e. The van der Waals surface area contributed by atoms with E-state index in [1.165, 1.54) is 24.6 Å². The molecule has 2 heterocycles. The van der Waals surface area contributed by atoms with E-state index >= 15 is 0 Å². The average Bonchev–Trinajstić information content (AvgIpc) is 3.37. The fourth-order valence-corrected chi connectivity index (χ4v) is 4.46. The minimum absolute atomic E-state index is 0.133. The van der Waals surface area contributed by atoms with Crippen molar-refractivity contribution in [2.45, 2.75) is 30.2 Å². The number of amides is 1. The number of carbonyl (C=O) groups is 1. The number of fused-ring (bicyclic) bond motifs is 2. The molecule has 0 aliphatic heterocycles. The Kier molecular flexibility index (Phi) is 4.88. The van der Waals surface area contributed by atoms with Crippen LogP contribution in [-0.2, 0) is 5.75 Å². The van der Waals surface area contributed by atoms with Gasteiger partial charge in [-0.05, 0) is 55.2 Å². The van der Waals surface area contributed by atoms with Crippen LogP contribution in [0.4, 0.5) is 0 Å². The van der Waals surface area contributed by atoms with E-state index in [9.17, 15) is 4.79 Å². The standard InChI is InChI=1S/C19H21N3O2S/c23-18(20-9-6-15-11-13-2-3-14(15)10-13)17-5-4-16(24-17)12-25-19-21-7-1-8-22-19/h1-5,7-8,13-15H,6,9-12H2,(H,20,23)/t13-,14+,15-/m1/s1. The van der Waals surface area contributed by atoms with E-state index in [0.29, 0.717) is 23.2 Å². The molecule has 1 saturated carbocycles. The number of carbonyl (C=O) groups excluding carboxylic acids is 1. The Morgan fingerprint density at radius 3 is 2.88 bits per heavy atom. The third-order valence-corrected chi connectivity index (χ3v) is 5.89. The third kappa shape index (κ3) is 3.95. The summed E-state index contributed by atoms with van der Waals surface area (Å²) in [5, 5.41) is 3.68. The minimum atomic E-state index is -0.133. The van der Waals surface area contributed by atoms with Crippen LogP contribution in [0, 0.1) is 17.8 Å². The lowest BCUT2D eigenvalue weighted by molar-refractivity contribution is 0.0921. The first-order chi connectivity index (χ1) is 12.3. The van der Waals surface area contributed by atoms with Crippen molar-refractivity contribution < 1.29 is 9.21 Å². The normalized spacial score (nSPS) is 23.9. The van der Waals surface area contributed by atoms with E-state index in [-0.39, 0.29) is 5.91 Å². The van der Waals surface area contributed by atoms with Crippen molar-refractivity contribution in [3.8, 4) is 0 Å². The maximum atomic E-state index is 12.2. The summed E-state index contributed by atoms with van der Waals surface area (Å²) < 4.78 is 5.64. The van der Waals surface area contributed by atoms with Gasteiger partial charge in [-0.25, -0.2) is 9.97 Å². The van der Waals surface area contributed by atoms with Crippen LogP contribution in [0.15, 0.2) is 52.3 Å². The summed E-state index contributed by atoms with van der Waals surface area (Å²) in [7, 11) is 0. The van der Waals surface area contributed by atoms with Gasteiger partial charge in [0.15, 0.2) is 10.9 Å². The van der Waals surface area contributed by atoms with Crippen LogP contribution >= 0.6 is 11.8 Å². The first kappa shape index (κ1) is 16.4. The van der Waals surface area contributed by atoms with Crippen molar-refractivity contribution in [2.24, 2.45) is 17.8 Å². The molecule has 2 bridgehead atoms. The number of nitrogens with zero attached hydrogens (tertiary/aromatic N) is 2. The van der Waals surface area contributed by atoms with Gasteiger partial charge in [0.2, 0.25) is 0 Å². The van der Waals surface area contributed by atoms with E-state index in [2.05, 4.69) is 27.4 Å². The maximum Gasteiger partial charge on any atom is 0.286 e. The molecule has 130 valence electrons. The lowest BCUT2D eigenvalue weighted by atomic mass is 9.91. The second kappa shape index (κ2) is 7.44. The zero-order valence-corrected chi connectivity index (χ0v) is 14.7. The van der Waals surface area contributed by atoms with Gasteiger partial charge in [-0.3, -0.25) is 4.79 Å². The molecule has 1 amide bonds. The SMILES string of the molecule is O=C(NCC[C@@H]1C[C@@H]2C=C[C@H]1C2)c1ccc(CSc2ncccn2)o1. The van der Waals surface area contributed by atoms with Crippen molar-refractivity contribution in [3.05, 3.63) is 54.3 Å². The van der Waals surface area contributed by atoms with Crippen LogP contribution < -0.4 is 5.32 Å². The molecule has 5 nitrogen and oxygen atoms in total. The molecule has 2 aromatic heterocycles. The Labute approximate surface area is 151 Å². The molecule has 0 unspecified atom stereocenters. The highest BCUT2D eigenvalue weighted by atomic mass is 32.2. The summed E-state index contributed by atoms with van der Waals surface area (Å²) in [5.74, 6) is 3.84. The largest absolute Gasteiger partial charge is 0.455 e. The Morgan fingerprint density at radius 1 is 1.24 bits per heavy atom. The highest BCUT2D eigenvalue weighted by Gasteiger charge is 2.34. The molecule has 0 spiro atoms. The summed E-state index contributed by atoms with van der Waals surface area (Å²) in [6.07, 6.45) is 11.8. The lowest BCUT2D eigenvalue weighted by Gasteiger charge is -2.17. The molecular formula is C19H21N3O2S. The van der Waals surface area contributed by atoms with E-state index in [1.807, 2.05) is 6.07 Å². The van der Waals surface area contributed by atoms with Gasteiger partial charge < -0.3 is 9.73 Å². The first-order valence-corrected chi connectivity index (χ1v) is 9.71. The van der Waals surface area contributed by atoms with Gasteiger partial charge in [-0.15, -0.1) is 0 Å². The second-order valence-electron chi connectivity index (χ2n) is 6.67. The van der Waals surface area contributed by atoms with Gasteiger partial charge in [0, 0.05) is 18.9 Å². The van der Waals surface area contributed by atoms with Crippen molar-refractivity contribution in [1.29, 1.82) is 0 Å². The van der Waals surface area contributed by atoms with Crippen molar-refractivity contribution in [1.82, 2.24) is 15.3 Å². The van der Waals surface area contributed by atoms with Crippen LogP contribution in [0.3, 0.4) is 0 Å². The van der Waals surface area contributed by atoms with Gasteiger partial charge in [0.05, 0.1) is 5.75 Å². The highest BCUT2D eigenvalue weighted by molar-refractivity contribution is 7.98. The zero-order chi connectivity index (χ0) is 17.1. The average molecular weight is 355 g/mol. The van der Waals surface area contributed by atoms with E-state index in [4.69, 9.17) is 4.42 Å². The summed E-state index contributed by atoms with van der Waals surface area (Å²) >= 11 is 1.49. The molecule has 2 aliphatic rings. The molecule has 0 aromatic carbocycles. The van der Waals surface area contributed by atoms with Crippen LogP contribution in [0.5, 0.6) is 0 Å². The number of nitrogens with one attached hydrogen (secondary N) is 1. The predicted octanol–water partition coefficient (Wildman–Crippen LogP) is 3.69. The molecule has 2 aliphatic carbocycles. The quantitative estimate of drug-likeness (QED) is 0.466. The number of hydrogen-bond acceptors (Lipinski definition) is 5. The molecular weight excluding hydrogens is 334 g/mol. The van der Waals surface area contributed by atoms with Gasteiger partial charge in [-0.1, -0.05) is 23.9 Å². The summed E-state index contributed by atoms with van der Waals surface area (Å²) in [6, 6.07) is 5.36. The van der Waals surface area contributed by atoms with Gasteiger partial charge in [0.1, 0.15) is 5.76 Å². The number of furan rings is 1. The smallest absolute Gasteiger partial charge is 0.286 e. The molecule has 1 fully saturated rings. The Bertz CT molecular complexity index is 759. The van der Waals surface area contributed by atoms with Crippen molar-refractivity contribution in [2.75, 3.05) is 6.54 Å². The molecule has 3 atom stereocenters. The molecule has 0 radical (unpaired) electrons. The summed E-state index contributed by atoms with van der Waals surface area (Å²) in [5.41, 5.74) is 0. The van der Waals surface area contributed by atoms with Gasteiger partial charge >= 0.3 is 0 Å². The van der Waals surface area contributed by atoms with Crippen molar-refractivity contribution in [3.63, 3.8) is 0 Å². The van der Waals surface area contributed by atoms with E-state index < -0.39 is 0 Å². The lowest BCUT2D eigenvalue weighted by Crippen LogP contribution is -2.26. The first-order valence-electron chi connectivity index (χ1n) is 8.73. The number of aromatic nitrogens is 2. The van der Waals surface area contributed by atoms with Gasteiger partial charge in [0.25, 0.3) is 5.91 Å². The fraction of sp³-hybridized carbons (Fsp3) is 0.421. The van der Waals surface area contributed by atoms with Crippen LogP contribution in [-0.4, -0.2) is 22.4 Å². The fourth-order valence-electron chi connectivity index (χ4n) is 3.76. The predicted molar refractivity (Wildman–Crippen MR) is 96.1 cm³/mol. The number of thioether (sulfide) groups is 1. The van der Waals surface area contributed by atoms with Crippen LogP contribution in [0.2, 0.25) is 0 Å². The van der Waals surface area contributed by atoms with E-state index in [1.54, 1.807) is 24.5 Å².